The van der Waals surface area contributed by atoms with Crippen LogP contribution in [-0.4, -0.2) is 29.1 Å². The van der Waals surface area contributed by atoms with Crippen LogP contribution < -0.4 is 9.47 Å². The number of benzene rings is 5. The van der Waals surface area contributed by atoms with Crippen molar-refractivity contribution < 1.29 is 9.47 Å². The number of para-hydroxylation sites is 2. The summed E-state index contributed by atoms with van der Waals surface area (Å²) in [7, 11) is 0. The van der Waals surface area contributed by atoms with Crippen molar-refractivity contribution in [2.75, 3.05) is 0 Å². The fraction of sp³-hybridized carbons (Fsp3) is 0.154. The SMILES string of the molecule is CC(C)Cc1cc(Oc2cc(Oc3cc(CC(C)C)c4c5ccccc5n(-c5ccccn5)c4c3)cc(-c3ncccn3)c2)cc2c1c1ccccc1n2-c1ccccn1. The van der Waals surface area contributed by atoms with Gasteiger partial charge in [-0.15, -0.1) is 0 Å². The number of ether oxygens (including phenoxy) is 2. The van der Waals surface area contributed by atoms with Crippen LogP contribution in [0.4, 0.5) is 0 Å². The summed E-state index contributed by atoms with van der Waals surface area (Å²) in [5.74, 6) is 5.78. The first kappa shape index (κ1) is 37.0. The molecule has 0 saturated heterocycles. The van der Waals surface area contributed by atoms with Crippen LogP contribution >= 0.6 is 0 Å². The topological polar surface area (TPSA) is 79.9 Å². The normalized spacial score (nSPS) is 11.8. The number of hydrogen-bond acceptors (Lipinski definition) is 6. The van der Waals surface area contributed by atoms with E-state index in [1.54, 1.807) is 12.4 Å². The molecule has 0 bridgehead atoms. The number of hydrogen-bond donors (Lipinski definition) is 0. The molecule has 5 aromatic carbocycles. The highest BCUT2D eigenvalue weighted by Gasteiger charge is 2.21. The van der Waals surface area contributed by atoms with Crippen molar-refractivity contribution in [1.82, 2.24) is 29.1 Å². The van der Waals surface area contributed by atoms with Crippen molar-refractivity contribution in [2.45, 2.75) is 40.5 Å². The second-order valence-electron chi connectivity index (χ2n) is 16.2. The second-order valence-corrected chi connectivity index (χ2v) is 16.2. The molecule has 0 amide bonds. The quantitative estimate of drug-likeness (QED) is 0.130. The van der Waals surface area contributed by atoms with Crippen molar-refractivity contribution in [3.8, 4) is 46.0 Å². The van der Waals surface area contributed by atoms with E-state index in [4.69, 9.17) is 19.4 Å². The maximum atomic E-state index is 6.92. The molecule has 5 heterocycles. The Hall–Kier alpha value is -7.32. The summed E-state index contributed by atoms with van der Waals surface area (Å²) >= 11 is 0. The van der Waals surface area contributed by atoms with Crippen LogP contribution in [0.2, 0.25) is 0 Å². The third-order valence-corrected chi connectivity index (χ3v) is 10.8. The largest absolute Gasteiger partial charge is 0.457 e. The molecule has 60 heavy (non-hydrogen) atoms. The predicted molar refractivity (Wildman–Crippen MR) is 242 cm³/mol. The first-order valence-corrected chi connectivity index (χ1v) is 20.6. The molecule has 0 radical (unpaired) electrons. The van der Waals surface area contributed by atoms with Crippen LogP contribution in [0.5, 0.6) is 23.0 Å². The summed E-state index contributed by atoms with van der Waals surface area (Å²) in [5.41, 5.74) is 7.49. The molecule has 0 aliphatic rings. The second kappa shape index (κ2) is 15.5. The Morgan fingerprint density at radius 1 is 0.433 bits per heavy atom. The number of rotatable bonds is 11. The molecule has 0 spiro atoms. The minimum absolute atomic E-state index is 0.424. The molecule has 5 aromatic heterocycles. The fourth-order valence-electron chi connectivity index (χ4n) is 8.63. The zero-order valence-electron chi connectivity index (χ0n) is 34.1. The molecule has 0 unspecified atom stereocenters. The molecule has 0 N–H and O–H groups in total. The molecule has 0 aliphatic carbocycles. The molecule has 0 aliphatic heterocycles. The highest BCUT2D eigenvalue weighted by Crippen LogP contribution is 2.42. The zero-order valence-corrected chi connectivity index (χ0v) is 34.1. The minimum Gasteiger partial charge on any atom is -0.457 e. The molecule has 8 nitrogen and oxygen atoms in total. The minimum atomic E-state index is 0.424. The Kier molecular flexibility index (Phi) is 9.53. The predicted octanol–water partition coefficient (Wildman–Crippen LogP) is 13.1. The van der Waals surface area contributed by atoms with Crippen molar-refractivity contribution in [3.63, 3.8) is 0 Å². The van der Waals surface area contributed by atoms with E-state index in [1.807, 2.05) is 73.1 Å². The van der Waals surface area contributed by atoms with Gasteiger partial charge in [0, 0.05) is 70.1 Å². The van der Waals surface area contributed by atoms with E-state index in [0.717, 1.165) is 63.6 Å². The van der Waals surface area contributed by atoms with E-state index in [0.29, 0.717) is 29.2 Å². The molecule has 10 aromatic rings. The lowest BCUT2D eigenvalue weighted by Crippen LogP contribution is -2.00. The van der Waals surface area contributed by atoms with Crippen LogP contribution in [0.15, 0.2) is 158 Å². The summed E-state index contributed by atoms with van der Waals surface area (Å²) in [5, 5.41) is 4.80. The smallest absolute Gasteiger partial charge is 0.159 e. The lowest BCUT2D eigenvalue weighted by atomic mass is 9.97. The maximum absolute atomic E-state index is 6.92. The van der Waals surface area contributed by atoms with Gasteiger partial charge in [0.25, 0.3) is 0 Å². The number of aromatic nitrogens is 6. The van der Waals surface area contributed by atoms with Gasteiger partial charge in [-0.3, -0.25) is 9.13 Å². The molecule has 10 rings (SSSR count). The first-order valence-electron chi connectivity index (χ1n) is 20.6. The summed E-state index contributed by atoms with van der Waals surface area (Å²) in [4.78, 5) is 18.8. The van der Waals surface area contributed by atoms with E-state index in [9.17, 15) is 0 Å². The molecular weight excluding hydrogens is 741 g/mol. The summed E-state index contributed by atoms with van der Waals surface area (Å²) in [6.07, 6.45) is 8.94. The molecule has 0 atom stereocenters. The van der Waals surface area contributed by atoms with E-state index < -0.39 is 0 Å². The first-order chi connectivity index (χ1) is 29.4. The lowest BCUT2D eigenvalue weighted by molar-refractivity contribution is 0.460. The number of fused-ring (bicyclic) bond motifs is 6. The Morgan fingerprint density at radius 3 is 1.32 bits per heavy atom. The van der Waals surface area contributed by atoms with Gasteiger partial charge in [-0.2, -0.15) is 0 Å². The Labute approximate surface area is 348 Å². The summed E-state index contributed by atoms with van der Waals surface area (Å²) in [6.45, 7) is 9.02. The van der Waals surface area contributed by atoms with E-state index in [-0.39, 0.29) is 0 Å². The van der Waals surface area contributed by atoms with Gasteiger partial charge >= 0.3 is 0 Å². The monoisotopic (exact) mass is 784 g/mol. The van der Waals surface area contributed by atoms with Crippen molar-refractivity contribution >= 4 is 43.6 Å². The zero-order chi connectivity index (χ0) is 40.7. The number of pyridine rings is 2. The van der Waals surface area contributed by atoms with Crippen LogP contribution in [0, 0.1) is 11.8 Å². The lowest BCUT2D eigenvalue weighted by Gasteiger charge is -2.16. The van der Waals surface area contributed by atoms with Gasteiger partial charge in [-0.05, 0) is 103 Å². The highest BCUT2D eigenvalue weighted by molar-refractivity contribution is 6.12. The molecule has 294 valence electrons. The van der Waals surface area contributed by atoms with E-state index in [2.05, 4.69) is 120 Å². The van der Waals surface area contributed by atoms with Gasteiger partial charge in [-0.25, -0.2) is 19.9 Å². The maximum Gasteiger partial charge on any atom is 0.159 e. The van der Waals surface area contributed by atoms with E-state index >= 15 is 0 Å². The third-order valence-electron chi connectivity index (χ3n) is 10.8. The van der Waals surface area contributed by atoms with Crippen LogP contribution in [-0.2, 0) is 12.8 Å². The van der Waals surface area contributed by atoms with Crippen LogP contribution in [0.3, 0.4) is 0 Å². The van der Waals surface area contributed by atoms with Gasteiger partial charge in [0.05, 0.1) is 22.1 Å². The van der Waals surface area contributed by atoms with Gasteiger partial charge in [-0.1, -0.05) is 76.2 Å². The van der Waals surface area contributed by atoms with Gasteiger partial charge in [0.15, 0.2) is 5.82 Å². The average Bonchev–Trinajstić information content (AvgIpc) is 3.77. The standard InChI is InChI=1S/C52H44N6O2/c1-33(2)24-35-26-40(31-46-50(35)42-14-5-7-16-44(42)57(46)48-18-9-11-20-53-48)59-38-28-37(52-55-22-13-23-56-52)29-39(30-38)60-41-27-36(25-34(3)4)51-43-15-6-8-17-45(43)58(47(51)32-41)49-19-10-12-21-54-49/h5-23,26-34H,24-25H2,1-4H3. The summed E-state index contributed by atoms with van der Waals surface area (Å²) in [6, 6.07) is 45.5. The van der Waals surface area contributed by atoms with Crippen molar-refractivity contribution in [2.24, 2.45) is 11.8 Å². The third kappa shape index (κ3) is 6.90. The van der Waals surface area contributed by atoms with Crippen LogP contribution in [0.25, 0.3) is 66.6 Å². The fourth-order valence-corrected chi connectivity index (χ4v) is 8.63. The highest BCUT2D eigenvalue weighted by atomic mass is 16.5. The molecule has 0 fully saturated rings. The Balaban J connectivity index is 1.13. The average molecular weight is 785 g/mol. The Morgan fingerprint density at radius 2 is 0.867 bits per heavy atom. The van der Waals surface area contributed by atoms with Crippen molar-refractivity contribution in [1.29, 1.82) is 0 Å². The van der Waals surface area contributed by atoms with Gasteiger partial charge in [0.1, 0.15) is 34.6 Å². The summed E-state index contributed by atoms with van der Waals surface area (Å²) < 4.78 is 18.3. The van der Waals surface area contributed by atoms with Gasteiger partial charge in [0.2, 0.25) is 0 Å². The molecule has 8 heteroatoms. The van der Waals surface area contributed by atoms with Gasteiger partial charge < -0.3 is 9.47 Å². The molecule has 0 saturated carbocycles. The molecular formula is C52H44N6O2. The van der Waals surface area contributed by atoms with E-state index in [1.165, 1.54) is 32.7 Å². The van der Waals surface area contributed by atoms with Crippen molar-refractivity contribution in [3.05, 3.63) is 169 Å². The van der Waals surface area contributed by atoms with Crippen LogP contribution in [0.1, 0.15) is 38.8 Å². The number of nitrogens with zero attached hydrogens (tertiary/aromatic N) is 6. The Bertz CT molecular complexity index is 2960.